The van der Waals surface area contributed by atoms with E-state index in [2.05, 4.69) is 83.3 Å². The van der Waals surface area contributed by atoms with E-state index in [1.165, 1.54) is 27.9 Å². The summed E-state index contributed by atoms with van der Waals surface area (Å²) in [4.78, 5) is 14.0. The zero-order chi connectivity index (χ0) is 20.2. The fourth-order valence-corrected chi connectivity index (χ4v) is 3.87. The van der Waals surface area contributed by atoms with Crippen LogP contribution in [0.4, 0.5) is 17.5 Å². The van der Waals surface area contributed by atoms with Crippen molar-refractivity contribution in [3.05, 3.63) is 77.0 Å². The zero-order valence-corrected chi connectivity index (χ0v) is 17.5. The van der Waals surface area contributed by atoms with Gasteiger partial charge < -0.3 is 15.1 Å². The van der Waals surface area contributed by atoms with Crippen molar-refractivity contribution in [3.63, 3.8) is 0 Å². The Balaban J connectivity index is 1.38. The Kier molecular flexibility index (Phi) is 5.65. The first-order chi connectivity index (χ1) is 14.1. The molecule has 1 aromatic heterocycles. The molecule has 1 aliphatic heterocycles. The van der Waals surface area contributed by atoms with Crippen molar-refractivity contribution >= 4 is 17.5 Å². The summed E-state index contributed by atoms with van der Waals surface area (Å²) in [5.74, 6) is 1.67. The number of piperazine rings is 1. The lowest BCUT2D eigenvalue weighted by molar-refractivity contribution is 0.645. The molecule has 2 aromatic carbocycles. The molecule has 0 amide bonds. The summed E-state index contributed by atoms with van der Waals surface area (Å²) in [5.41, 5.74) is 6.59. The van der Waals surface area contributed by atoms with Gasteiger partial charge in [0.2, 0.25) is 5.95 Å². The van der Waals surface area contributed by atoms with Gasteiger partial charge in [0.1, 0.15) is 5.82 Å². The first-order valence-corrected chi connectivity index (χ1v) is 10.3. The molecule has 0 spiro atoms. The molecule has 0 unspecified atom stereocenters. The van der Waals surface area contributed by atoms with E-state index in [0.29, 0.717) is 5.95 Å². The van der Waals surface area contributed by atoms with Crippen LogP contribution in [0.5, 0.6) is 0 Å². The molecular formula is C24H29N5. The highest BCUT2D eigenvalue weighted by molar-refractivity contribution is 5.57. The third-order valence-electron chi connectivity index (χ3n) is 5.69. The maximum Gasteiger partial charge on any atom is 0.224 e. The van der Waals surface area contributed by atoms with Crippen molar-refractivity contribution in [1.82, 2.24) is 9.97 Å². The van der Waals surface area contributed by atoms with Crippen molar-refractivity contribution in [2.24, 2.45) is 0 Å². The maximum atomic E-state index is 4.75. The van der Waals surface area contributed by atoms with Crippen LogP contribution in [0.2, 0.25) is 0 Å². The van der Waals surface area contributed by atoms with Gasteiger partial charge in [-0.05, 0) is 49.6 Å². The van der Waals surface area contributed by atoms with Crippen LogP contribution in [0.3, 0.4) is 0 Å². The molecule has 4 rings (SSSR count). The van der Waals surface area contributed by atoms with E-state index in [1.807, 2.05) is 12.3 Å². The van der Waals surface area contributed by atoms with Gasteiger partial charge in [0.15, 0.2) is 0 Å². The second kappa shape index (κ2) is 8.52. The van der Waals surface area contributed by atoms with Gasteiger partial charge >= 0.3 is 0 Å². The Labute approximate surface area is 173 Å². The van der Waals surface area contributed by atoms with E-state index < -0.39 is 0 Å². The van der Waals surface area contributed by atoms with Gasteiger partial charge in [0, 0.05) is 44.6 Å². The highest BCUT2D eigenvalue weighted by Gasteiger charge is 2.20. The van der Waals surface area contributed by atoms with Crippen LogP contribution in [0.15, 0.2) is 54.7 Å². The Bertz CT molecular complexity index is 977. The highest BCUT2D eigenvalue weighted by Crippen LogP contribution is 2.25. The molecule has 150 valence electrons. The topological polar surface area (TPSA) is 44.3 Å². The lowest BCUT2D eigenvalue weighted by atomic mass is 10.1. The van der Waals surface area contributed by atoms with E-state index in [-0.39, 0.29) is 0 Å². The minimum atomic E-state index is 0.681. The Morgan fingerprint density at radius 1 is 0.897 bits per heavy atom. The third-order valence-corrected chi connectivity index (χ3v) is 5.69. The number of benzene rings is 2. The first kappa shape index (κ1) is 19.2. The standard InChI is InChI=1S/C24H29N5/c1-18-6-4-8-21(16-18)17-26-24-25-11-10-23(27-24)29-14-12-28(13-15-29)22-9-5-7-19(2)20(22)3/h4-11,16H,12-15,17H2,1-3H3,(H,25,26,27). The molecule has 5 heteroatoms. The van der Waals surface area contributed by atoms with Gasteiger partial charge in [-0.2, -0.15) is 4.98 Å². The van der Waals surface area contributed by atoms with Crippen LogP contribution in [0.1, 0.15) is 22.3 Å². The molecule has 0 bridgehead atoms. The first-order valence-electron chi connectivity index (χ1n) is 10.3. The van der Waals surface area contributed by atoms with E-state index in [4.69, 9.17) is 4.98 Å². The predicted molar refractivity (Wildman–Crippen MR) is 121 cm³/mol. The normalized spacial score (nSPS) is 14.2. The van der Waals surface area contributed by atoms with E-state index >= 15 is 0 Å². The Morgan fingerprint density at radius 2 is 1.66 bits per heavy atom. The van der Waals surface area contributed by atoms with Gasteiger partial charge in [0.25, 0.3) is 0 Å². The third kappa shape index (κ3) is 4.50. The molecule has 29 heavy (non-hydrogen) atoms. The van der Waals surface area contributed by atoms with Gasteiger partial charge in [-0.25, -0.2) is 4.98 Å². The van der Waals surface area contributed by atoms with Crippen LogP contribution >= 0.6 is 0 Å². The summed E-state index contributed by atoms with van der Waals surface area (Å²) in [6.07, 6.45) is 1.85. The average molecular weight is 388 g/mol. The number of rotatable bonds is 5. The number of hydrogen-bond donors (Lipinski definition) is 1. The molecule has 0 radical (unpaired) electrons. The fraction of sp³-hybridized carbons (Fsp3) is 0.333. The Morgan fingerprint density at radius 3 is 2.45 bits per heavy atom. The van der Waals surface area contributed by atoms with Crippen molar-refractivity contribution in [3.8, 4) is 0 Å². The quantitative estimate of drug-likeness (QED) is 0.705. The molecule has 1 N–H and O–H groups in total. The maximum absolute atomic E-state index is 4.75. The predicted octanol–water partition coefficient (Wildman–Crippen LogP) is 4.34. The average Bonchev–Trinajstić information content (AvgIpc) is 2.75. The molecular weight excluding hydrogens is 358 g/mol. The molecule has 1 saturated heterocycles. The van der Waals surface area contributed by atoms with Gasteiger partial charge in [-0.1, -0.05) is 42.0 Å². The van der Waals surface area contributed by atoms with Crippen molar-refractivity contribution in [2.75, 3.05) is 41.3 Å². The van der Waals surface area contributed by atoms with Crippen LogP contribution < -0.4 is 15.1 Å². The zero-order valence-electron chi connectivity index (χ0n) is 17.5. The van der Waals surface area contributed by atoms with Crippen LogP contribution in [-0.2, 0) is 6.54 Å². The summed E-state index contributed by atoms with van der Waals surface area (Å²) in [6.45, 7) is 11.2. The summed E-state index contributed by atoms with van der Waals surface area (Å²) in [7, 11) is 0. The monoisotopic (exact) mass is 387 g/mol. The molecule has 3 aromatic rings. The summed E-state index contributed by atoms with van der Waals surface area (Å²) in [5, 5.41) is 3.36. The van der Waals surface area contributed by atoms with Gasteiger partial charge in [-0.3, -0.25) is 0 Å². The molecule has 5 nitrogen and oxygen atoms in total. The van der Waals surface area contributed by atoms with E-state index in [1.54, 1.807) is 0 Å². The Hall–Kier alpha value is -3.08. The van der Waals surface area contributed by atoms with Crippen molar-refractivity contribution in [1.29, 1.82) is 0 Å². The second-order valence-corrected chi connectivity index (χ2v) is 7.77. The number of anilines is 3. The van der Waals surface area contributed by atoms with Crippen molar-refractivity contribution in [2.45, 2.75) is 27.3 Å². The molecule has 0 saturated carbocycles. The number of nitrogens with one attached hydrogen (secondary N) is 1. The second-order valence-electron chi connectivity index (χ2n) is 7.77. The number of hydrogen-bond acceptors (Lipinski definition) is 5. The number of aryl methyl sites for hydroxylation is 2. The van der Waals surface area contributed by atoms with Crippen LogP contribution in [0.25, 0.3) is 0 Å². The SMILES string of the molecule is Cc1cccc(CNc2nccc(N3CCN(c4cccc(C)c4C)CC3)n2)c1. The van der Waals surface area contributed by atoms with E-state index in [0.717, 1.165) is 38.5 Å². The molecule has 0 atom stereocenters. The van der Waals surface area contributed by atoms with Crippen LogP contribution in [-0.4, -0.2) is 36.1 Å². The minimum Gasteiger partial charge on any atom is -0.368 e. The molecule has 2 heterocycles. The minimum absolute atomic E-state index is 0.681. The summed E-state index contributed by atoms with van der Waals surface area (Å²) in [6, 6.07) is 17.1. The van der Waals surface area contributed by atoms with Gasteiger partial charge in [0.05, 0.1) is 0 Å². The number of aromatic nitrogens is 2. The lowest BCUT2D eigenvalue weighted by Gasteiger charge is -2.37. The fourth-order valence-electron chi connectivity index (χ4n) is 3.87. The highest BCUT2D eigenvalue weighted by atomic mass is 15.3. The smallest absolute Gasteiger partial charge is 0.224 e. The van der Waals surface area contributed by atoms with E-state index in [9.17, 15) is 0 Å². The summed E-state index contributed by atoms with van der Waals surface area (Å²) < 4.78 is 0. The number of nitrogens with zero attached hydrogens (tertiary/aromatic N) is 4. The summed E-state index contributed by atoms with van der Waals surface area (Å²) >= 11 is 0. The van der Waals surface area contributed by atoms with Gasteiger partial charge in [-0.15, -0.1) is 0 Å². The van der Waals surface area contributed by atoms with Crippen LogP contribution in [0, 0.1) is 20.8 Å². The van der Waals surface area contributed by atoms with Crippen molar-refractivity contribution < 1.29 is 0 Å². The molecule has 1 fully saturated rings. The molecule has 0 aliphatic carbocycles. The largest absolute Gasteiger partial charge is 0.368 e. The molecule has 1 aliphatic rings. The lowest BCUT2D eigenvalue weighted by Crippen LogP contribution is -2.47.